The molecule has 0 fully saturated rings. The Hall–Kier alpha value is -0.920. The minimum absolute atomic E-state index is 0.782. The molecule has 0 aliphatic rings. The first kappa shape index (κ1) is 7.08. The lowest BCUT2D eigenvalue weighted by Crippen LogP contribution is -1.91. The SMILES string of the molecule is C/C(N)=C/C(C)=C/N. The molecule has 4 N–H and O–H groups in total. The molecule has 8 heavy (non-hydrogen) atoms. The summed E-state index contributed by atoms with van der Waals surface area (Å²) in [6.45, 7) is 3.73. The molecule has 0 saturated heterocycles. The Kier molecular flexibility index (Phi) is 2.77. The predicted molar refractivity (Wildman–Crippen MR) is 35.9 cm³/mol. The van der Waals surface area contributed by atoms with Crippen molar-refractivity contribution in [2.45, 2.75) is 13.8 Å². The number of hydrogen-bond acceptors (Lipinski definition) is 2. The first-order valence-corrected chi connectivity index (χ1v) is 2.49. The summed E-state index contributed by atoms with van der Waals surface area (Å²) in [6, 6.07) is 0. The van der Waals surface area contributed by atoms with E-state index in [2.05, 4.69) is 0 Å². The molecule has 0 aromatic heterocycles. The van der Waals surface area contributed by atoms with Crippen molar-refractivity contribution >= 4 is 0 Å². The molecule has 0 aliphatic carbocycles. The molecule has 0 rings (SSSR count). The maximum Gasteiger partial charge on any atom is 0.00520 e. The summed E-state index contributed by atoms with van der Waals surface area (Å²) < 4.78 is 0. The second kappa shape index (κ2) is 3.13. The van der Waals surface area contributed by atoms with Crippen LogP contribution in [0.2, 0.25) is 0 Å². The lowest BCUT2D eigenvalue weighted by Gasteiger charge is -1.89. The van der Waals surface area contributed by atoms with E-state index in [0.717, 1.165) is 11.3 Å². The van der Waals surface area contributed by atoms with Crippen molar-refractivity contribution in [3.8, 4) is 0 Å². The van der Waals surface area contributed by atoms with Gasteiger partial charge in [-0.05, 0) is 31.7 Å². The monoisotopic (exact) mass is 112 g/mol. The van der Waals surface area contributed by atoms with E-state index in [0.29, 0.717) is 0 Å². The van der Waals surface area contributed by atoms with Crippen LogP contribution in [-0.2, 0) is 0 Å². The van der Waals surface area contributed by atoms with Crippen LogP contribution in [0.25, 0.3) is 0 Å². The Morgan fingerprint density at radius 2 is 1.88 bits per heavy atom. The lowest BCUT2D eigenvalue weighted by atomic mass is 10.3. The Morgan fingerprint density at radius 1 is 1.38 bits per heavy atom. The topological polar surface area (TPSA) is 52.0 Å². The zero-order valence-corrected chi connectivity index (χ0v) is 5.31. The zero-order chi connectivity index (χ0) is 6.57. The van der Waals surface area contributed by atoms with Crippen molar-refractivity contribution in [1.29, 1.82) is 0 Å². The molecular formula is C6H12N2. The van der Waals surface area contributed by atoms with Gasteiger partial charge < -0.3 is 11.5 Å². The molecule has 2 heteroatoms. The molecule has 0 amide bonds. The third-order valence-corrected chi connectivity index (χ3v) is 0.718. The molecular weight excluding hydrogens is 100 g/mol. The smallest absolute Gasteiger partial charge is 0.00520 e. The van der Waals surface area contributed by atoms with Crippen LogP contribution in [-0.4, -0.2) is 0 Å². The summed E-state index contributed by atoms with van der Waals surface area (Å²) in [5.74, 6) is 0. The van der Waals surface area contributed by atoms with Gasteiger partial charge in [-0.3, -0.25) is 0 Å². The van der Waals surface area contributed by atoms with Crippen LogP contribution in [0.5, 0.6) is 0 Å². The van der Waals surface area contributed by atoms with Crippen LogP contribution in [0.3, 0.4) is 0 Å². The second-order valence-corrected chi connectivity index (χ2v) is 1.80. The number of allylic oxidation sites excluding steroid dienone is 3. The molecule has 0 radical (unpaired) electrons. The van der Waals surface area contributed by atoms with Gasteiger partial charge in [0, 0.05) is 5.70 Å². The highest BCUT2D eigenvalue weighted by Gasteiger charge is 1.78. The van der Waals surface area contributed by atoms with Crippen LogP contribution < -0.4 is 11.5 Å². The summed E-state index contributed by atoms with van der Waals surface area (Å²) >= 11 is 0. The van der Waals surface area contributed by atoms with E-state index in [1.807, 2.05) is 19.9 Å². The fraction of sp³-hybridized carbons (Fsp3) is 0.333. The summed E-state index contributed by atoms with van der Waals surface area (Å²) in [5, 5.41) is 0. The summed E-state index contributed by atoms with van der Waals surface area (Å²) in [6.07, 6.45) is 3.34. The molecule has 0 bridgehead atoms. The maximum atomic E-state index is 5.33. The largest absolute Gasteiger partial charge is 0.404 e. The molecule has 0 spiro atoms. The molecule has 0 aliphatic heterocycles. The van der Waals surface area contributed by atoms with Crippen LogP contribution >= 0.6 is 0 Å². The van der Waals surface area contributed by atoms with Gasteiger partial charge in [-0.25, -0.2) is 0 Å². The number of rotatable bonds is 1. The fourth-order valence-electron chi connectivity index (χ4n) is 0.407. The second-order valence-electron chi connectivity index (χ2n) is 1.80. The highest BCUT2D eigenvalue weighted by Crippen LogP contribution is 1.92. The van der Waals surface area contributed by atoms with Crippen molar-refractivity contribution in [3.63, 3.8) is 0 Å². The third-order valence-electron chi connectivity index (χ3n) is 0.718. The van der Waals surface area contributed by atoms with E-state index in [1.54, 1.807) is 0 Å². The number of hydrogen-bond donors (Lipinski definition) is 2. The first-order valence-electron chi connectivity index (χ1n) is 2.49. The summed E-state index contributed by atoms with van der Waals surface area (Å²) in [7, 11) is 0. The minimum atomic E-state index is 0.782. The van der Waals surface area contributed by atoms with Gasteiger partial charge in [0.1, 0.15) is 0 Å². The van der Waals surface area contributed by atoms with Crippen molar-refractivity contribution in [3.05, 3.63) is 23.5 Å². The van der Waals surface area contributed by atoms with Crippen LogP contribution in [0.4, 0.5) is 0 Å². The average Bonchev–Trinajstić information content (AvgIpc) is 1.65. The van der Waals surface area contributed by atoms with Crippen molar-refractivity contribution in [2.75, 3.05) is 0 Å². The van der Waals surface area contributed by atoms with E-state index in [9.17, 15) is 0 Å². The Morgan fingerprint density at radius 3 is 2.00 bits per heavy atom. The lowest BCUT2D eigenvalue weighted by molar-refractivity contribution is 1.28. The van der Waals surface area contributed by atoms with E-state index >= 15 is 0 Å². The van der Waals surface area contributed by atoms with Gasteiger partial charge in [0.25, 0.3) is 0 Å². The quantitative estimate of drug-likeness (QED) is 0.491. The Balaban J connectivity index is 3.89. The third kappa shape index (κ3) is 3.28. The molecule has 46 valence electrons. The van der Waals surface area contributed by atoms with E-state index in [1.165, 1.54) is 6.20 Å². The van der Waals surface area contributed by atoms with E-state index in [-0.39, 0.29) is 0 Å². The van der Waals surface area contributed by atoms with Gasteiger partial charge in [-0.2, -0.15) is 0 Å². The van der Waals surface area contributed by atoms with Crippen molar-refractivity contribution in [1.82, 2.24) is 0 Å². The molecule has 2 nitrogen and oxygen atoms in total. The highest BCUT2D eigenvalue weighted by atomic mass is 14.5. The average molecular weight is 112 g/mol. The van der Waals surface area contributed by atoms with Gasteiger partial charge in [0.15, 0.2) is 0 Å². The summed E-state index contributed by atoms with van der Waals surface area (Å²) in [5.41, 5.74) is 12.3. The maximum absolute atomic E-state index is 5.33. The Labute approximate surface area is 49.9 Å². The van der Waals surface area contributed by atoms with Crippen LogP contribution in [0.15, 0.2) is 23.5 Å². The van der Waals surface area contributed by atoms with Gasteiger partial charge >= 0.3 is 0 Å². The fourth-order valence-corrected chi connectivity index (χ4v) is 0.407. The normalized spacial score (nSPS) is 14.2. The molecule has 0 aromatic rings. The van der Waals surface area contributed by atoms with Crippen molar-refractivity contribution < 1.29 is 0 Å². The highest BCUT2D eigenvalue weighted by molar-refractivity contribution is 5.17. The predicted octanol–water partition coefficient (Wildman–Crippen LogP) is 0.711. The zero-order valence-electron chi connectivity index (χ0n) is 5.31. The van der Waals surface area contributed by atoms with Crippen molar-refractivity contribution in [2.24, 2.45) is 11.5 Å². The standard InChI is InChI=1S/C6H12N2/c1-5(4-7)3-6(2)8/h3-4H,7-8H2,1-2H3/b5-4+,6-3-. The molecule has 0 saturated carbocycles. The van der Waals surface area contributed by atoms with E-state index < -0.39 is 0 Å². The molecule has 0 atom stereocenters. The van der Waals surface area contributed by atoms with Gasteiger partial charge in [-0.15, -0.1) is 0 Å². The van der Waals surface area contributed by atoms with Gasteiger partial charge in [0.2, 0.25) is 0 Å². The molecule has 0 heterocycles. The molecule has 0 aromatic carbocycles. The van der Waals surface area contributed by atoms with Crippen LogP contribution in [0, 0.1) is 0 Å². The van der Waals surface area contributed by atoms with Gasteiger partial charge in [-0.1, -0.05) is 0 Å². The minimum Gasteiger partial charge on any atom is -0.404 e. The van der Waals surface area contributed by atoms with Crippen LogP contribution in [0.1, 0.15) is 13.8 Å². The Bertz CT molecular complexity index is 118. The summed E-state index contributed by atoms with van der Waals surface area (Å²) in [4.78, 5) is 0. The van der Waals surface area contributed by atoms with Gasteiger partial charge in [0.05, 0.1) is 0 Å². The number of nitrogens with two attached hydrogens (primary N) is 2. The first-order chi connectivity index (χ1) is 3.66. The van der Waals surface area contributed by atoms with E-state index in [4.69, 9.17) is 11.5 Å². The molecule has 0 unspecified atom stereocenters.